The highest BCUT2D eigenvalue weighted by atomic mass is 19.4. The fourth-order valence-electron chi connectivity index (χ4n) is 1.29. The van der Waals surface area contributed by atoms with Crippen LogP contribution in [0.5, 0.6) is 0 Å². The Labute approximate surface area is 84.4 Å². The van der Waals surface area contributed by atoms with Gasteiger partial charge in [-0.3, -0.25) is 0 Å². The van der Waals surface area contributed by atoms with Gasteiger partial charge >= 0.3 is 12.1 Å². The third-order valence-electron chi connectivity index (χ3n) is 2.15. The minimum Gasteiger partial charge on any atom is -0.478 e. The molecule has 0 saturated carbocycles. The lowest BCUT2D eigenvalue weighted by molar-refractivity contribution is -0.188. The van der Waals surface area contributed by atoms with Gasteiger partial charge in [-0.15, -0.1) is 0 Å². The molecule has 0 saturated heterocycles. The van der Waals surface area contributed by atoms with Crippen LogP contribution in [0.2, 0.25) is 0 Å². The van der Waals surface area contributed by atoms with E-state index in [0.717, 1.165) is 6.08 Å². The molecule has 2 nitrogen and oxygen atoms in total. The Morgan fingerprint density at radius 1 is 1.40 bits per heavy atom. The molecule has 0 aromatic heterocycles. The second kappa shape index (κ2) is 3.92. The number of carboxylic acid groups (broad SMARTS) is 1. The summed E-state index contributed by atoms with van der Waals surface area (Å²) in [5.41, 5.74) is -2.18. The van der Waals surface area contributed by atoms with Crippen LogP contribution in [0.3, 0.4) is 0 Å². The van der Waals surface area contributed by atoms with Gasteiger partial charge in [0.15, 0.2) is 0 Å². The second-order valence-corrected chi connectivity index (χ2v) is 3.20. The maximum atomic E-state index is 12.7. The van der Waals surface area contributed by atoms with Crippen molar-refractivity contribution in [3.05, 3.63) is 36.5 Å². The van der Waals surface area contributed by atoms with Crippen LogP contribution in [0.25, 0.3) is 0 Å². The van der Waals surface area contributed by atoms with E-state index >= 15 is 0 Å². The quantitative estimate of drug-likeness (QED) is 0.723. The number of carboxylic acids is 1. The first kappa shape index (κ1) is 11.6. The van der Waals surface area contributed by atoms with E-state index in [0.29, 0.717) is 12.2 Å². The van der Waals surface area contributed by atoms with Gasteiger partial charge in [-0.25, -0.2) is 4.79 Å². The normalized spacial score (nSPS) is 26.1. The molecule has 1 atom stereocenters. The molecule has 1 aliphatic carbocycles. The van der Waals surface area contributed by atoms with E-state index in [-0.39, 0.29) is 6.42 Å². The molecule has 0 heterocycles. The zero-order valence-corrected chi connectivity index (χ0v) is 7.66. The standard InChI is InChI=1S/C10H9F3O2/c11-10(12,13)9(7-4-8(14)15)5-2-1-3-6-9/h1-5,7H,6H2,(H,14,15). The van der Waals surface area contributed by atoms with Crippen molar-refractivity contribution in [3.8, 4) is 0 Å². The molecular formula is C10H9F3O2. The Balaban J connectivity index is 3.03. The van der Waals surface area contributed by atoms with Crippen LogP contribution in [0.15, 0.2) is 36.5 Å². The van der Waals surface area contributed by atoms with E-state index in [1.165, 1.54) is 18.2 Å². The van der Waals surface area contributed by atoms with Gasteiger partial charge in [-0.05, 0) is 6.42 Å². The molecule has 1 unspecified atom stereocenters. The highest BCUT2D eigenvalue weighted by molar-refractivity contribution is 5.80. The maximum Gasteiger partial charge on any atom is 0.401 e. The Morgan fingerprint density at radius 2 is 2.07 bits per heavy atom. The molecule has 0 amide bonds. The van der Waals surface area contributed by atoms with Crippen LogP contribution in [0, 0.1) is 5.41 Å². The van der Waals surface area contributed by atoms with Crippen molar-refractivity contribution in [2.24, 2.45) is 5.41 Å². The smallest absolute Gasteiger partial charge is 0.401 e. The maximum absolute atomic E-state index is 12.7. The molecule has 1 aliphatic rings. The monoisotopic (exact) mass is 218 g/mol. The molecule has 0 bridgehead atoms. The Hall–Kier alpha value is -1.52. The average molecular weight is 218 g/mol. The molecule has 82 valence electrons. The molecule has 0 aliphatic heterocycles. The number of hydrogen-bond donors (Lipinski definition) is 1. The third kappa shape index (κ3) is 2.49. The SMILES string of the molecule is O=C(O)C=CC1(C(F)(F)F)C=CC=CC1. The number of rotatable bonds is 2. The summed E-state index contributed by atoms with van der Waals surface area (Å²) < 4.78 is 38.2. The van der Waals surface area contributed by atoms with Gasteiger partial charge in [0.25, 0.3) is 0 Å². The van der Waals surface area contributed by atoms with Crippen molar-refractivity contribution in [3.63, 3.8) is 0 Å². The first-order chi connectivity index (χ1) is 6.87. The first-order valence-electron chi connectivity index (χ1n) is 4.21. The van der Waals surface area contributed by atoms with Gasteiger partial charge in [-0.2, -0.15) is 13.2 Å². The predicted molar refractivity (Wildman–Crippen MR) is 48.2 cm³/mol. The number of halogens is 3. The summed E-state index contributed by atoms with van der Waals surface area (Å²) in [4.78, 5) is 10.2. The Morgan fingerprint density at radius 3 is 2.47 bits per heavy atom. The van der Waals surface area contributed by atoms with Gasteiger partial charge in [0, 0.05) is 6.08 Å². The largest absolute Gasteiger partial charge is 0.478 e. The van der Waals surface area contributed by atoms with Gasteiger partial charge in [0.2, 0.25) is 0 Å². The fraction of sp³-hybridized carbons (Fsp3) is 0.300. The van der Waals surface area contributed by atoms with Gasteiger partial charge in [0.1, 0.15) is 5.41 Å². The summed E-state index contributed by atoms with van der Waals surface area (Å²) in [6.07, 6.45) is 1.54. The topological polar surface area (TPSA) is 37.3 Å². The second-order valence-electron chi connectivity index (χ2n) is 3.20. The molecule has 1 rings (SSSR count). The summed E-state index contributed by atoms with van der Waals surface area (Å²) in [5.74, 6) is -1.39. The fourth-order valence-corrected chi connectivity index (χ4v) is 1.29. The molecule has 15 heavy (non-hydrogen) atoms. The van der Waals surface area contributed by atoms with Gasteiger partial charge < -0.3 is 5.11 Å². The predicted octanol–water partition coefficient (Wildman–Crippen LogP) is 2.69. The van der Waals surface area contributed by atoms with Crippen molar-refractivity contribution in [1.82, 2.24) is 0 Å². The van der Waals surface area contributed by atoms with E-state index in [9.17, 15) is 18.0 Å². The number of carbonyl (C=O) groups is 1. The summed E-state index contributed by atoms with van der Waals surface area (Å²) in [6.45, 7) is 0. The average Bonchev–Trinajstić information content (AvgIpc) is 2.14. The van der Waals surface area contributed by atoms with Crippen molar-refractivity contribution < 1.29 is 23.1 Å². The van der Waals surface area contributed by atoms with Crippen LogP contribution in [-0.2, 0) is 4.79 Å². The molecule has 0 radical (unpaired) electrons. The zero-order chi connectivity index (χ0) is 11.5. The van der Waals surface area contributed by atoms with Crippen LogP contribution in [-0.4, -0.2) is 17.3 Å². The summed E-state index contributed by atoms with van der Waals surface area (Å²) in [6, 6.07) is 0. The van der Waals surface area contributed by atoms with E-state index in [4.69, 9.17) is 5.11 Å². The zero-order valence-electron chi connectivity index (χ0n) is 7.66. The number of aliphatic carboxylic acids is 1. The lowest BCUT2D eigenvalue weighted by Crippen LogP contribution is -2.34. The van der Waals surface area contributed by atoms with Crippen molar-refractivity contribution in [1.29, 1.82) is 0 Å². The van der Waals surface area contributed by atoms with Crippen molar-refractivity contribution >= 4 is 5.97 Å². The van der Waals surface area contributed by atoms with Crippen molar-refractivity contribution in [2.75, 3.05) is 0 Å². The highest BCUT2D eigenvalue weighted by Crippen LogP contribution is 2.45. The highest BCUT2D eigenvalue weighted by Gasteiger charge is 2.50. The number of allylic oxidation sites excluding steroid dienone is 5. The summed E-state index contributed by atoms with van der Waals surface area (Å²) in [7, 11) is 0. The lowest BCUT2D eigenvalue weighted by Gasteiger charge is -2.30. The molecule has 0 aromatic rings. The molecule has 0 spiro atoms. The van der Waals surface area contributed by atoms with Crippen LogP contribution in [0.4, 0.5) is 13.2 Å². The van der Waals surface area contributed by atoms with E-state index in [1.54, 1.807) is 0 Å². The number of hydrogen-bond acceptors (Lipinski definition) is 1. The lowest BCUT2D eigenvalue weighted by atomic mass is 9.80. The van der Waals surface area contributed by atoms with Crippen molar-refractivity contribution in [2.45, 2.75) is 12.6 Å². The van der Waals surface area contributed by atoms with E-state index < -0.39 is 17.6 Å². The minimum atomic E-state index is -4.49. The Bertz CT molecular complexity index is 339. The van der Waals surface area contributed by atoms with Crippen LogP contribution in [0.1, 0.15) is 6.42 Å². The van der Waals surface area contributed by atoms with Gasteiger partial charge in [0.05, 0.1) is 0 Å². The molecule has 0 fully saturated rings. The van der Waals surface area contributed by atoms with E-state index in [2.05, 4.69) is 0 Å². The van der Waals surface area contributed by atoms with Gasteiger partial charge in [-0.1, -0.05) is 30.4 Å². The molecule has 5 heteroatoms. The molecular weight excluding hydrogens is 209 g/mol. The minimum absolute atomic E-state index is 0.267. The Kier molecular flexibility index (Phi) is 3.02. The van der Waals surface area contributed by atoms with Crippen LogP contribution >= 0.6 is 0 Å². The third-order valence-corrected chi connectivity index (χ3v) is 2.15. The van der Waals surface area contributed by atoms with E-state index in [1.807, 2.05) is 0 Å². The number of alkyl halides is 3. The molecule has 0 aromatic carbocycles. The van der Waals surface area contributed by atoms with Crippen LogP contribution < -0.4 is 0 Å². The summed E-state index contributed by atoms with van der Waals surface area (Å²) in [5, 5.41) is 8.33. The first-order valence-corrected chi connectivity index (χ1v) is 4.21. The summed E-state index contributed by atoms with van der Waals surface area (Å²) >= 11 is 0. The molecule has 1 N–H and O–H groups in total.